The third-order valence-corrected chi connectivity index (χ3v) is 4.45. The molecule has 3 heterocycles. The average molecular weight is 381 g/mol. The second-order valence-corrected chi connectivity index (χ2v) is 6.31. The quantitative estimate of drug-likeness (QED) is 0.816. The minimum Gasteiger partial charge on any atom is -0.338 e. The van der Waals surface area contributed by atoms with E-state index in [1.54, 1.807) is 18.1 Å². The van der Waals surface area contributed by atoms with Gasteiger partial charge in [0.25, 0.3) is 5.91 Å². The third-order valence-electron chi connectivity index (χ3n) is 4.45. The van der Waals surface area contributed by atoms with Gasteiger partial charge >= 0.3 is 12.1 Å². The van der Waals surface area contributed by atoms with Crippen LogP contribution >= 0.6 is 0 Å². The lowest BCUT2D eigenvalue weighted by atomic mass is 10.0. The Labute approximate surface area is 153 Å². The number of alkyl halides is 3. The molecule has 1 saturated heterocycles. The van der Waals surface area contributed by atoms with Crippen molar-refractivity contribution in [1.82, 2.24) is 19.7 Å². The number of anilines is 1. The van der Waals surface area contributed by atoms with Crippen LogP contribution in [0.5, 0.6) is 0 Å². The van der Waals surface area contributed by atoms with Crippen LogP contribution in [0.2, 0.25) is 0 Å². The molecule has 0 atom stereocenters. The summed E-state index contributed by atoms with van der Waals surface area (Å²) in [6.07, 6.45) is 1.18. The summed E-state index contributed by atoms with van der Waals surface area (Å²) in [5, 5.41) is 3.95. The fraction of sp³-hybridized carbons (Fsp3) is 0.412. The Morgan fingerprint density at radius 1 is 1.22 bits per heavy atom. The molecular weight excluding hydrogens is 363 g/mol. The summed E-state index contributed by atoms with van der Waals surface area (Å²) >= 11 is 0. The molecule has 0 N–H and O–H groups in total. The summed E-state index contributed by atoms with van der Waals surface area (Å²) in [4.78, 5) is 30.6. The molecule has 0 spiro atoms. The molecule has 3 rings (SSSR count). The van der Waals surface area contributed by atoms with Gasteiger partial charge in [-0.2, -0.15) is 18.3 Å². The maximum Gasteiger partial charge on any atom is 0.471 e. The number of hydrogen-bond acceptors (Lipinski definition) is 4. The van der Waals surface area contributed by atoms with Gasteiger partial charge in [-0.3, -0.25) is 24.2 Å². The van der Waals surface area contributed by atoms with Crippen LogP contribution in [0.25, 0.3) is 0 Å². The molecule has 0 aliphatic carbocycles. The van der Waals surface area contributed by atoms with Crippen LogP contribution in [-0.4, -0.2) is 56.8 Å². The predicted octanol–water partition coefficient (Wildman–Crippen LogP) is 2.02. The van der Waals surface area contributed by atoms with Crippen molar-refractivity contribution in [3.63, 3.8) is 0 Å². The average Bonchev–Trinajstić information content (AvgIpc) is 3.08. The Balaban J connectivity index is 1.75. The van der Waals surface area contributed by atoms with E-state index in [9.17, 15) is 22.8 Å². The fourth-order valence-electron chi connectivity index (χ4n) is 3.17. The van der Waals surface area contributed by atoms with Crippen LogP contribution in [0.15, 0.2) is 36.9 Å². The molecule has 10 heteroatoms. The second kappa shape index (κ2) is 7.37. The number of aromatic nitrogens is 3. The number of piperidine rings is 1. The van der Waals surface area contributed by atoms with Crippen molar-refractivity contribution in [2.45, 2.75) is 25.1 Å². The monoisotopic (exact) mass is 381 g/mol. The van der Waals surface area contributed by atoms with Gasteiger partial charge in [0.15, 0.2) is 0 Å². The molecule has 27 heavy (non-hydrogen) atoms. The first kappa shape index (κ1) is 18.9. The molecular formula is C17H18F3N5O2. The molecule has 2 amide bonds. The van der Waals surface area contributed by atoms with Crippen molar-refractivity contribution in [3.8, 4) is 0 Å². The van der Waals surface area contributed by atoms with E-state index in [-0.39, 0.29) is 37.5 Å². The van der Waals surface area contributed by atoms with Crippen molar-refractivity contribution in [3.05, 3.63) is 42.5 Å². The van der Waals surface area contributed by atoms with Crippen LogP contribution < -0.4 is 4.90 Å². The number of carbonyl (C=O) groups is 2. The zero-order chi connectivity index (χ0) is 19.6. The van der Waals surface area contributed by atoms with Crippen LogP contribution in [0.3, 0.4) is 0 Å². The van der Waals surface area contributed by atoms with Gasteiger partial charge in [-0.15, -0.1) is 0 Å². The van der Waals surface area contributed by atoms with Crippen molar-refractivity contribution in [2.24, 2.45) is 7.05 Å². The SMILES string of the molecule is Cn1cc(C(=O)N2CCC(N(C(=O)C(F)(F)F)c3cccnc3)CC2)cn1. The Kier molecular flexibility index (Phi) is 5.15. The lowest BCUT2D eigenvalue weighted by Crippen LogP contribution is -2.52. The van der Waals surface area contributed by atoms with Gasteiger partial charge in [0.2, 0.25) is 0 Å². The first-order chi connectivity index (χ1) is 12.8. The number of hydrogen-bond donors (Lipinski definition) is 0. The van der Waals surface area contributed by atoms with Gasteiger partial charge in [-0.25, -0.2) is 0 Å². The van der Waals surface area contributed by atoms with Gasteiger partial charge in [0.1, 0.15) is 0 Å². The lowest BCUT2D eigenvalue weighted by Gasteiger charge is -2.38. The molecule has 2 aromatic heterocycles. The van der Waals surface area contributed by atoms with Gasteiger partial charge in [-0.05, 0) is 25.0 Å². The van der Waals surface area contributed by atoms with Gasteiger partial charge in [0.05, 0.1) is 23.6 Å². The molecule has 2 aromatic rings. The largest absolute Gasteiger partial charge is 0.471 e. The van der Waals surface area contributed by atoms with Crippen LogP contribution in [0.1, 0.15) is 23.2 Å². The van der Waals surface area contributed by atoms with Gasteiger partial charge < -0.3 is 4.90 Å². The maximum absolute atomic E-state index is 13.1. The molecule has 7 nitrogen and oxygen atoms in total. The second-order valence-electron chi connectivity index (χ2n) is 6.31. The van der Waals surface area contributed by atoms with E-state index in [4.69, 9.17) is 0 Å². The highest BCUT2D eigenvalue weighted by atomic mass is 19.4. The van der Waals surface area contributed by atoms with Crippen molar-refractivity contribution >= 4 is 17.5 Å². The zero-order valence-corrected chi connectivity index (χ0v) is 14.6. The van der Waals surface area contributed by atoms with Crippen LogP contribution in [-0.2, 0) is 11.8 Å². The number of amides is 2. The fourth-order valence-corrected chi connectivity index (χ4v) is 3.17. The summed E-state index contributed by atoms with van der Waals surface area (Å²) in [7, 11) is 1.69. The summed E-state index contributed by atoms with van der Waals surface area (Å²) in [5.74, 6) is -2.15. The Bertz CT molecular complexity index is 813. The number of rotatable bonds is 3. The molecule has 1 fully saturated rings. The van der Waals surface area contributed by atoms with E-state index in [1.807, 2.05) is 0 Å². The van der Waals surface area contributed by atoms with E-state index in [2.05, 4.69) is 10.1 Å². The number of halogens is 3. The molecule has 0 radical (unpaired) electrons. The highest BCUT2D eigenvalue weighted by molar-refractivity contribution is 5.98. The van der Waals surface area contributed by atoms with E-state index >= 15 is 0 Å². The summed E-state index contributed by atoms with van der Waals surface area (Å²) in [6.45, 7) is 0.501. The molecule has 0 saturated carbocycles. The van der Waals surface area contributed by atoms with E-state index < -0.39 is 18.1 Å². The molecule has 0 unspecified atom stereocenters. The first-order valence-corrected chi connectivity index (χ1v) is 8.35. The third kappa shape index (κ3) is 4.09. The normalized spacial score (nSPS) is 15.6. The lowest BCUT2D eigenvalue weighted by molar-refractivity contribution is -0.171. The summed E-state index contributed by atoms with van der Waals surface area (Å²) in [6, 6.07) is 2.23. The summed E-state index contributed by atoms with van der Waals surface area (Å²) in [5.41, 5.74) is 0.517. The van der Waals surface area contributed by atoms with Crippen molar-refractivity contribution in [1.29, 1.82) is 0 Å². The van der Waals surface area contributed by atoms with E-state index in [1.165, 1.54) is 35.4 Å². The van der Waals surface area contributed by atoms with Gasteiger partial charge in [0, 0.05) is 38.6 Å². The maximum atomic E-state index is 13.1. The minimum absolute atomic E-state index is 0.0943. The van der Waals surface area contributed by atoms with Crippen LogP contribution in [0, 0.1) is 0 Å². The highest BCUT2D eigenvalue weighted by Crippen LogP contribution is 2.29. The number of carbonyl (C=O) groups excluding carboxylic acids is 2. The number of pyridine rings is 1. The smallest absolute Gasteiger partial charge is 0.338 e. The Morgan fingerprint density at radius 3 is 2.44 bits per heavy atom. The number of nitrogens with zero attached hydrogens (tertiary/aromatic N) is 5. The first-order valence-electron chi connectivity index (χ1n) is 8.35. The molecule has 1 aliphatic rings. The molecule has 0 aromatic carbocycles. The summed E-state index contributed by atoms with van der Waals surface area (Å²) < 4.78 is 40.8. The highest BCUT2D eigenvalue weighted by Gasteiger charge is 2.46. The minimum atomic E-state index is -4.99. The Hall–Kier alpha value is -2.91. The standard InChI is InChI=1S/C17H18F3N5O2/c1-23-11-12(9-22-23)15(26)24-7-4-13(5-8-24)25(16(27)17(18,19)20)14-3-2-6-21-10-14/h2-3,6,9-11,13H,4-5,7-8H2,1H3. The molecule has 1 aliphatic heterocycles. The molecule has 144 valence electrons. The van der Waals surface area contributed by atoms with Crippen LogP contribution in [0.4, 0.5) is 18.9 Å². The number of aryl methyl sites for hydroxylation is 1. The number of likely N-dealkylation sites (tertiary alicyclic amines) is 1. The van der Waals surface area contributed by atoms with Gasteiger partial charge in [-0.1, -0.05) is 0 Å². The van der Waals surface area contributed by atoms with Crippen molar-refractivity contribution < 1.29 is 22.8 Å². The van der Waals surface area contributed by atoms with E-state index in [0.29, 0.717) is 5.56 Å². The zero-order valence-electron chi connectivity index (χ0n) is 14.6. The predicted molar refractivity (Wildman–Crippen MR) is 89.9 cm³/mol. The van der Waals surface area contributed by atoms with Crippen molar-refractivity contribution in [2.75, 3.05) is 18.0 Å². The van der Waals surface area contributed by atoms with E-state index in [0.717, 1.165) is 4.90 Å². The topological polar surface area (TPSA) is 71.3 Å². The molecule has 0 bridgehead atoms. The Morgan fingerprint density at radius 2 is 1.93 bits per heavy atom.